The quantitative estimate of drug-likeness (QED) is 0.786. The fourth-order valence-electron chi connectivity index (χ4n) is 1.98. The van der Waals surface area contributed by atoms with Crippen LogP contribution < -0.4 is 0 Å². The molecule has 0 saturated carbocycles. The average molecular weight is 305 g/mol. The van der Waals surface area contributed by atoms with Crippen molar-refractivity contribution in [3.05, 3.63) is 29.8 Å². The third-order valence-corrected chi connectivity index (χ3v) is 3.60. The zero-order valence-electron chi connectivity index (χ0n) is 10.8. The van der Waals surface area contributed by atoms with Gasteiger partial charge in [0.05, 0.1) is 12.7 Å². The number of hydrogen-bond donors (Lipinski definition) is 0. The zero-order valence-corrected chi connectivity index (χ0v) is 11.6. The number of halogens is 3. The standard InChI is InChI=1S/C13H14F3NO2S/c1-9-8-17(6-7-19-9)12(18)10-2-4-11(5-3-10)20-13(14,15)16/h2-5,9H,6-8H2,1H3/t9-/m0/s1. The van der Waals surface area contributed by atoms with E-state index in [-0.39, 0.29) is 28.7 Å². The van der Waals surface area contributed by atoms with Crippen LogP contribution in [0, 0.1) is 0 Å². The fraction of sp³-hybridized carbons (Fsp3) is 0.462. The first-order chi connectivity index (χ1) is 9.35. The number of morpholine rings is 1. The smallest absolute Gasteiger partial charge is 0.375 e. The lowest BCUT2D eigenvalue weighted by molar-refractivity contribution is -0.0328. The third kappa shape index (κ3) is 4.14. The van der Waals surface area contributed by atoms with Gasteiger partial charge in [0.2, 0.25) is 0 Å². The maximum Gasteiger partial charge on any atom is 0.446 e. The zero-order chi connectivity index (χ0) is 14.8. The molecule has 7 heteroatoms. The van der Waals surface area contributed by atoms with Crippen molar-refractivity contribution in [2.75, 3.05) is 19.7 Å². The summed E-state index contributed by atoms with van der Waals surface area (Å²) in [7, 11) is 0. The van der Waals surface area contributed by atoms with E-state index in [2.05, 4.69) is 0 Å². The molecule has 0 spiro atoms. The molecule has 0 aromatic heterocycles. The monoisotopic (exact) mass is 305 g/mol. The van der Waals surface area contributed by atoms with Crippen molar-refractivity contribution in [2.45, 2.75) is 23.4 Å². The highest BCUT2D eigenvalue weighted by Crippen LogP contribution is 2.36. The molecular formula is C13H14F3NO2S. The maximum absolute atomic E-state index is 12.2. The van der Waals surface area contributed by atoms with E-state index in [1.165, 1.54) is 24.3 Å². The number of alkyl halides is 3. The summed E-state index contributed by atoms with van der Waals surface area (Å²) in [6, 6.07) is 5.48. The Morgan fingerprint density at radius 1 is 1.35 bits per heavy atom. The largest absolute Gasteiger partial charge is 0.446 e. The topological polar surface area (TPSA) is 29.5 Å². The van der Waals surface area contributed by atoms with Crippen molar-refractivity contribution in [2.24, 2.45) is 0 Å². The number of ether oxygens (including phenoxy) is 1. The normalized spacial score (nSPS) is 20.0. The van der Waals surface area contributed by atoms with Crippen LogP contribution in [0.1, 0.15) is 17.3 Å². The summed E-state index contributed by atoms with van der Waals surface area (Å²) in [6.45, 7) is 3.36. The summed E-state index contributed by atoms with van der Waals surface area (Å²) in [5, 5.41) is 0. The summed E-state index contributed by atoms with van der Waals surface area (Å²) in [6.07, 6.45) is -0.0206. The van der Waals surface area contributed by atoms with Gasteiger partial charge >= 0.3 is 5.51 Å². The molecule has 2 rings (SSSR count). The van der Waals surface area contributed by atoms with Crippen LogP contribution in [0.2, 0.25) is 0 Å². The van der Waals surface area contributed by atoms with Crippen molar-refractivity contribution in [1.82, 2.24) is 4.90 Å². The number of thioether (sulfide) groups is 1. The Bertz CT molecular complexity index is 475. The predicted octanol–water partition coefficient (Wildman–Crippen LogP) is 3.16. The number of carbonyl (C=O) groups excluding carboxylic acids is 1. The molecule has 1 aromatic carbocycles. The molecular weight excluding hydrogens is 291 g/mol. The molecule has 20 heavy (non-hydrogen) atoms. The molecule has 1 saturated heterocycles. The van der Waals surface area contributed by atoms with Crippen LogP contribution in [-0.2, 0) is 4.74 Å². The second-order valence-electron chi connectivity index (χ2n) is 4.50. The number of amides is 1. The number of benzene rings is 1. The van der Waals surface area contributed by atoms with E-state index in [1.807, 2.05) is 6.92 Å². The van der Waals surface area contributed by atoms with Crippen molar-refractivity contribution in [3.8, 4) is 0 Å². The van der Waals surface area contributed by atoms with Crippen LogP contribution in [0.15, 0.2) is 29.2 Å². The van der Waals surface area contributed by atoms with Crippen LogP contribution in [0.3, 0.4) is 0 Å². The van der Waals surface area contributed by atoms with Gasteiger partial charge in [0.1, 0.15) is 0 Å². The van der Waals surface area contributed by atoms with Crippen LogP contribution in [-0.4, -0.2) is 42.1 Å². The van der Waals surface area contributed by atoms with Crippen LogP contribution in [0.25, 0.3) is 0 Å². The highest BCUT2D eigenvalue weighted by molar-refractivity contribution is 8.00. The van der Waals surface area contributed by atoms with Crippen molar-refractivity contribution < 1.29 is 22.7 Å². The molecule has 1 aromatic rings. The van der Waals surface area contributed by atoms with E-state index >= 15 is 0 Å². The van der Waals surface area contributed by atoms with Gasteiger partial charge in [0.25, 0.3) is 5.91 Å². The SMILES string of the molecule is C[C@H]1CN(C(=O)c2ccc(SC(F)(F)F)cc2)CCO1. The molecule has 0 bridgehead atoms. The third-order valence-electron chi connectivity index (χ3n) is 2.86. The molecule has 1 aliphatic heterocycles. The summed E-state index contributed by atoms with van der Waals surface area (Å²) in [5.74, 6) is -0.177. The van der Waals surface area contributed by atoms with Gasteiger partial charge in [-0.3, -0.25) is 4.79 Å². The Hall–Kier alpha value is -1.21. The minimum Gasteiger partial charge on any atom is -0.375 e. The second kappa shape index (κ2) is 6.05. The Labute approximate surface area is 119 Å². The Morgan fingerprint density at radius 2 is 2.00 bits per heavy atom. The Morgan fingerprint density at radius 3 is 2.55 bits per heavy atom. The molecule has 3 nitrogen and oxygen atoms in total. The predicted molar refractivity (Wildman–Crippen MR) is 69.7 cm³/mol. The summed E-state index contributed by atoms with van der Waals surface area (Å²) < 4.78 is 42.0. The lowest BCUT2D eigenvalue weighted by Crippen LogP contribution is -2.44. The van der Waals surface area contributed by atoms with E-state index in [1.54, 1.807) is 4.90 Å². The number of carbonyl (C=O) groups is 1. The molecule has 1 fully saturated rings. The molecule has 1 amide bonds. The van der Waals surface area contributed by atoms with Gasteiger partial charge in [-0.1, -0.05) is 0 Å². The van der Waals surface area contributed by atoms with Crippen molar-refractivity contribution >= 4 is 17.7 Å². The Kier molecular flexibility index (Phi) is 4.59. The minimum atomic E-state index is -4.31. The van der Waals surface area contributed by atoms with Crippen molar-refractivity contribution in [3.63, 3.8) is 0 Å². The maximum atomic E-state index is 12.2. The van der Waals surface area contributed by atoms with Gasteiger partial charge in [0, 0.05) is 23.5 Å². The second-order valence-corrected chi connectivity index (χ2v) is 5.64. The van der Waals surface area contributed by atoms with Crippen LogP contribution in [0.4, 0.5) is 13.2 Å². The van der Waals surface area contributed by atoms with E-state index in [9.17, 15) is 18.0 Å². The van der Waals surface area contributed by atoms with Gasteiger partial charge in [-0.2, -0.15) is 13.2 Å². The van der Waals surface area contributed by atoms with Crippen LogP contribution >= 0.6 is 11.8 Å². The lowest BCUT2D eigenvalue weighted by Gasteiger charge is -2.31. The molecule has 110 valence electrons. The molecule has 1 heterocycles. The van der Waals surface area contributed by atoms with Gasteiger partial charge in [0.15, 0.2) is 0 Å². The summed E-state index contributed by atoms with van der Waals surface area (Å²) in [5.41, 5.74) is -3.92. The Balaban J connectivity index is 2.04. The molecule has 0 aliphatic carbocycles. The van der Waals surface area contributed by atoms with Crippen LogP contribution in [0.5, 0.6) is 0 Å². The molecule has 0 radical (unpaired) electrons. The van der Waals surface area contributed by atoms with Gasteiger partial charge < -0.3 is 9.64 Å². The van der Waals surface area contributed by atoms with Gasteiger partial charge in [-0.15, -0.1) is 0 Å². The molecule has 1 aliphatic rings. The number of hydrogen-bond acceptors (Lipinski definition) is 3. The van der Waals surface area contributed by atoms with E-state index in [0.717, 1.165) is 0 Å². The van der Waals surface area contributed by atoms with Crippen molar-refractivity contribution in [1.29, 1.82) is 0 Å². The first kappa shape index (κ1) is 15.2. The highest BCUT2D eigenvalue weighted by atomic mass is 32.2. The molecule has 1 atom stereocenters. The molecule has 0 unspecified atom stereocenters. The highest BCUT2D eigenvalue weighted by Gasteiger charge is 2.29. The number of rotatable bonds is 2. The first-order valence-electron chi connectivity index (χ1n) is 6.12. The van der Waals surface area contributed by atoms with Gasteiger partial charge in [-0.25, -0.2) is 0 Å². The summed E-state index contributed by atoms with van der Waals surface area (Å²) in [4.78, 5) is 13.9. The average Bonchev–Trinajstić information content (AvgIpc) is 2.37. The first-order valence-corrected chi connectivity index (χ1v) is 6.93. The molecule has 0 N–H and O–H groups in total. The lowest BCUT2D eigenvalue weighted by atomic mass is 10.2. The van der Waals surface area contributed by atoms with E-state index < -0.39 is 5.51 Å². The summed E-state index contributed by atoms with van der Waals surface area (Å²) >= 11 is -0.188. The van der Waals surface area contributed by atoms with Gasteiger partial charge in [-0.05, 0) is 43.0 Å². The fourth-order valence-corrected chi connectivity index (χ4v) is 2.52. The minimum absolute atomic E-state index is 0.0206. The van der Waals surface area contributed by atoms with E-state index in [0.29, 0.717) is 25.3 Å². The van der Waals surface area contributed by atoms with E-state index in [4.69, 9.17) is 4.74 Å². The number of nitrogens with zero attached hydrogens (tertiary/aromatic N) is 1.